The Morgan fingerprint density at radius 3 is 2.57 bits per heavy atom. The first-order valence-corrected chi connectivity index (χ1v) is 7.04. The van der Waals surface area contributed by atoms with E-state index in [2.05, 4.69) is 0 Å². The molecule has 1 N–H and O–H groups in total. The van der Waals surface area contributed by atoms with E-state index in [0.29, 0.717) is 38.5 Å². The minimum absolute atomic E-state index is 0.115. The van der Waals surface area contributed by atoms with Crippen LogP contribution in [-0.2, 0) is 9.53 Å². The average molecular weight is 297 g/mol. The van der Waals surface area contributed by atoms with Gasteiger partial charge in [-0.15, -0.1) is 0 Å². The van der Waals surface area contributed by atoms with Gasteiger partial charge in [0.2, 0.25) is 0 Å². The molecule has 0 bridgehead atoms. The van der Waals surface area contributed by atoms with E-state index in [1.54, 1.807) is 16.7 Å². The number of ether oxygens (including phenoxy) is 1. The molecule has 0 aromatic carbocycles. The molecule has 2 amide bonds. The van der Waals surface area contributed by atoms with Crippen LogP contribution in [0.15, 0.2) is 0 Å². The second kappa shape index (κ2) is 7.27. The van der Waals surface area contributed by atoms with E-state index in [0.717, 1.165) is 0 Å². The number of nitriles is 1. The van der Waals surface area contributed by atoms with Crippen molar-refractivity contribution in [3.8, 4) is 6.07 Å². The molecule has 0 aliphatic carbocycles. The van der Waals surface area contributed by atoms with Gasteiger partial charge in [0.25, 0.3) is 0 Å². The zero-order chi connectivity index (χ0) is 16.0. The number of carbonyl (C=O) groups excluding carboxylic acids is 1. The highest BCUT2D eigenvalue weighted by Gasteiger charge is 2.44. The number of carbonyl (C=O) groups is 2. The molecule has 0 spiro atoms. The van der Waals surface area contributed by atoms with Gasteiger partial charge in [-0.25, -0.2) is 9.59 Å². The van der Waals surface area contributed by atoms with Crippen molar-refractivity contribution in [3.05, 3.63) is 0 Å². The lowest BCUT2D eigenvalue weighted by Crippen LogP contribution is -2.65. The summed E-state index contributed by atoms with van der Waals surface area (Å²) < 4.78 is 5.28. The Hall–Kier alpha value is -1.81. The second-order valence-electron chi connectivity index (χ2n) is 6.02. The quantitative estimate of drug-likeness (QED) is 0.761. The largest absolute Gasteiger partial charge is 0.480 e. The lowest BCUT2D eigenvalue weighted by molar-refractivity contribution is -0.160. The molecule has 1 aliphatic heterocycles. The number of carboxylic acids is 1. The first kappa shape index (κ1) is 17.2. The molecule has 7 nitrogen and oxygen atoms in total. The van der Waals surface area contributed by atoms with Gasteiger partial charge in [-0.05, 0) is 12.8 Å². The Morgan fingerprint density at radius 1 is 1.48 bits per heavy atom. The number of carboxylic acid groups (broad SMARTS) is 1. The normalized spacial score (nSPS) is 16.2. The van der Waals surface area contributed by atoms with Crippen LogP contribution < -0.4 is 0 Å². The van der Waals surface area contributed by atoms with Gasteiger partial charge in [-0.1, -0.05) is 13.8 Å². The van der Waals surface area contributed by atoms with Crippen LogP contribution in [0.2, 0.25) is 0 Å². The first-order valence-electron chi connectivity index (χ1n) is 7.04. The summed E-state index contributed by atoms with van der Waals surface area (Å²) in [6, 6.07) is 1.93. The smallest absolute Gasteiger partial charge is 0.329 e. The predicted octanol–water partition coefficient (Wildman–Crippen LogP) is 1.15. The molecule has 1 heterocycles. The highest BCUT2D eigenvalue weighted by molar-refractivity contribution is 5.76. The monoisotopic (exact) mass is 297 g/mol. The van der Waals surface area contributed by atoms with Crippen LogP contribution in [0.5, 0.6) is 0 Å². The zero-order valence-electron chi connectivity index (χ0n) is 12.8. The maximum absolute atomic E-state index is 12.4. The number of aliphatic carboxylic acids is 1. The van der Waals surface area contributed by atoms with Crippen LogP contribution in [-0.4, -0.2) is 65.3 Å². The average Bonchev–Trinajstić information content (AvgIpc) is 2.36. The number of urea groups is 1. The van der Waals surface area contributed by atoms with Crippen molar-refractivity contribution in [1.29, 1.82) is 5.26 Å². The number of rotatable bonds is 7. The Labute approximate surface area is 125 Å². The van der Waals surface area contributed by atoms with Crippen LogP contribution in [0.1, 0.15) is 27.2 Å². The molecule has 0 aromatic rings. The van der Waals surface area contributed by atoms with Crippen molar-refractivity contribution in [2.45, 2.75) is 32.8 Å². The number of amides is 2. The van der Waals surface area contributed by atoms with Gasteiger partial charge < -0.3 is 19.6 Å². The molecule has 21 heavy (non-hydrogen) atoms. The van der Waals surface area contributed by atoms with Gasteiger partial charge in [-0.2, -0.15) is 5.26 Å². The third-order valence-electron chi connectivity index (χ3n) is 3.21. The molecule has 1 saturated heterocycles. The molecule has 118 valence electrons. The van der Waals surface area contributed by atoms with E-state index in [1.165, 1.54) is 0 Å². The third kappa shape index (κ3) is 5.23. The van der Waals surface area contributed by atoms with Crippen LogP contribution in [0.25, 0.3) is 0 Å². The zero-order valence-corrected chi connectivity index (χ0v) is 12.8. The summed E-state index contributed by atoms with van der Waals surface area (Å²) in [7, 11) is 0. The molecule has 1 fully saturated rings. The van der Waals surface area contributed by atoms with Gasteiger partial charge in [-0.3, -0.25) is 0 Å². The Bertz CT molecular complexity index is 424. The summed E-state index contributed by atoms with van der Waals surface area (Å²) in [5.74, 6) is -0.694. The highest BCUT2D eigenvalue weighted by Crippen LogP contribution is 2.26. The van der Waals surface area contributed by atoms with Crippen molar-refractivity contribution in [3.63, 3.8) is 0 Å². The molecule has 0 unspecified atom stereocenters. The molecule has 0 saturated carbocycles. The van der Waals surface area contributed by atoms with Crippen LogP contribution >= 0.6 is 0 Å². The summed E-state index contributed by atoms with van der Waals surface area (Å²) >= 11 is 0. The van der Waals surface area contributed by atoms with Gasteiger partial charge in [0, 0.05) is 13.1 Å². The molecule has 0 atom stereocenters. The van der Waals surface area contributed by atoms with Crippen molar-refractivity contribution in [2.75, 3.05) is 32.8 Å². The van der Waals surface area contributed by atoms with E-state index in [4.69, 9.17) is 15.1 Å². The fourth-order valence-electron chi connectivity index (χ4n) is 2.31. The van der Waals surface area contributed by atoms with Crippen LogP contribution in [0, 0.1) is 17.2 Å². The Morgan fingerprint density at radius 2 is 2.10 bits per heavy atom. The Kier molecular flexibility index (Phi) is 5.97. The Balaban J connectivity index is 2.51. The molecule has 1 aliphatic rings. The van der Waals surface area contributed by atoms with Gasteiger partial charge in [0.05, 0.1) is 25.6 Å². The topological polar surface area (TPSA) is 93.9 Å². The predicted molar refractivity (Wildman–Crippen MR) is 75.6 cm³/mol. The summed E-state index contributed by atoms with van der Waals surface area (Å²) in [5.41, 5.74) is -0.590. The van der Waals surface area contributed by atoms with E-state index < -0.39 is 11.6 Å². The van der Waals surface area contributed by atoms with Gasteiger partial charge in [0.15, 0.2) is 0 Å². The second-order valence-corrected chi connectivity index (χ2v) is 6.02. The van der Waals surface area contributed by atoms with Crippen LogP contribution in [0.3, 0.4) is 0 Å². The fourth-order valence-corrected chi connectivity index (χ4v) is 2.31. The maximum atomic E-state index is 12.4. The maximum Gasteiger partial charge on any atom is 0.329 e. The number of likely N-dealkylation sites (tertiary alicyclic amines) is 1. The highest BCUT2D eigenvalue weighted by atomic mass is 16.5. The van der Waals surface area contributed by atoms with Gasteiger partial charge in [0.1, 0.15) is 12.2 Å². The number of hydrogen-bond acceptors (Lipinski definition) is 4. The molecule has 1 rings (SSSR count). The molecule has 7 heteroatoms. The van der Waals surface area contributed by atoms with E-state index in [-0.39, 0.29) is 12.6 Å². The van der Waals surface area contributed by atoms with E-state index in [9.17, 15) is 9.59 Å². The van der Waals surface area contributed by atoms with E-state index in [1.807, 2.05) is 19.9 Å². The summed E-state index contributed by atoms with van der Waals surface area (Å²) in [6.07, 6.45) is 0.305. The third-order valence-corrected chi connectivity index (χ3v) is 3.21. The summed E-state index contributed by atoms with van der Waals surface area (Å²) in [6.45, 7) is 7.23. The molecule has 0 aromatic heterocycles. The summed E-state index contributed by atoms with van der Waals surface area (Å²) in [4.78, 5) is 26.2. The minimum atomic E-state index is -1.02. The van der Waals surface area contributed by atoms with E-state index >= 15 is 0 Å². The summed E-state index contributed by atoms with van der Waals surface area (Å²) in [5, 5.41) is 17.3. The molecular formula is C14H23N3O4. The number of hydrogen-bond donors (Lipinski definition) is 1. The van der Waals surface area contributed by atoms with Gasteiger partial charge >= 0.3 is 12.0 Å². The molecule has 0 radical (unpaired) electrons. The molecular weight excluding hydrogens is 274 g/mol. The van der Waals surface area contributed by atoms with Crippen molar-refractivity contribution < 1.29 is 19.4 Å². The number of nitrogens with zero attached hydrogens (tertiary/aromatic N) is 3. The lowest BCUT2D eigenvalue weighted by atomic mass is 9.97. The first-order chi connectivity index (χ1) is 9.77. The SMILES string of the molecule is CC(C)CN(CCC#N)C(=O)N1CC(C)(OCC(=O)O)C1. The standard InChI is InChI=1S/C14H23N3O4/c1-11(2)7-16(6-4-5-15)13(20)17-9-14(3,10-17)21-8-12(18)19/h11H,4,6-10H2,1-3H3,(H,18,19). The van der Waals surface area contributed by atoms with Crippen molar-refractivity contribution in [1.82, 2.24) is 9.80 Å². The minimum Gasteiger partial charge on any atom is -0.480 e. The van der Waals surface area contributed by atoms with Crippen molar-refractivity contribution >= 4 is 12.0 Å². The lowest BCUT2D eigenvalue weighted by Gasteiger charge is -2.48. The van der Waals surface area contributed by atoms with Crippen molar-refractivity contribution in [2.24, 2.45) is 5.92 Å². The fraction of sp³-hybridized carbons (Fsp3) is 0.786. The van der Waals surface area contributed by atoms with Crippen LogP contribution in [0.4, 0.5) is 4.79 Å².